The van der Waals surface area contributed by atoms with Crippen LogP contribution >= 0.6 is 0 Å². The summed E-state index contributed by atoms with van der Waals surface area (Å²) in [7, 11) is 2.02. The number of carbonyl (C=O) groups excluding carboxylic acids is 1. The molecule has 3 heterocycles. The van der Waals surface area contributed by atoms with Crippen molar-refractivity contribution in [1.82, 2.24) is 29.4 Å². The Morgan fingerprint density at radius 3 is 2.64 bits per heavy atom. The van der Waals surface area contributed by atoms with Crippen LogP contribution in [0, 0.1) is 18.8 Å². The molecule has 39 heavy (non-hydrogen) atoms. The van der Waals surface area contributed by atoms with E-state index in [4.69, 9.17) is 0 Å². The summed E-state index contributed by atoms with van der Waals surface area (Å²) >= 11 is 0. The molecule has 4 aromatic rings. The lowest BCUT2D eigenvalue weighted by Crippen LogP contribution is -2.43. The Labute approximate surface area is 223 Å². The van der Waals surface area contributed by atoms with Crippen molar-refractivity contribution in [3.05, 3.63) is 88.5 Å². The first-order valence-electron chi connectivity index (χ1n) is 12.4. The smallest absolute Gasteiger partial charge is 0.322 e. The molecule has 1 saturated heterocycles. The quantitative estimate of drug-likeness (QED) is 0.402. The van der Waals surface area contributed by atoms with Crippen LogP contribution < -0.4 is 5.32 Å². The fourth-order valence-corrected chi connectivity index (χ4v) is 4.36. The third kappa shape index (κ3) is 6.25. The van der Waals surface area contributed by atoms with Gasteiger partial charge in [-0.05, 0) is 61.4 Å². The maximum Gasteiger partial charge on any atom is 0.416 e. The van der Waals surface area contributed by atoms with Gasteiger partial charge in [0.1, 0.15) is 5.69 Å². The van der Waals surface area contributed by atoms with Crippen molar-refractivity contribution in [3.8, 4) is 11.8 Å². The van der Waals surface area contributed by atoms with Crippen LogP contribution in [0.25, 0.3) is 5.78 Å². The summed E-state index contributed by atoms with van der Waals surface area (Å²) in [5, 5.41) is 10.4. The van der Waals surface area contributed by atoms with Gasteiger partial charge < -0.3 is 10.2 Å². The summed E-state index contributed by atoms with van der Waals surface area (Å²) in [5.41, 5.74) is 2.15. The monoisotopic (exact) mass is 533 g/mol. The predicted octanol–water partition coefficient (Wildman–Crippen LogP) is 3.85. The highest BCUT2D eigenvalue weighted by Crippen LogP contribution is 2.32. The fourth-order valence-electron chi connectivity index (χ4n) is 4.36. The topological polar surface area (TPSA) is 78.7 Å². The molecule has 0 spiro atoms. The van der Waals surface area contributed by atoms with Gasteiger partial charge in [0.05, 0.1) is 18.0 Å². The first-order valence-corrected chi connectivity index (χ1v) is 12.4. The van der Waals surface area contributed by atoms with Crippen molar-refractivity contribution < 1.29 is 18.0 Å². The number of aromatic nitrogens is 4. The number of amides is 1. The highest BCUT2D eigenvalue weighted by molar-refractivity contribution is 6.04. The number of likely N-dealkylation sites (N-methyl/N-ethyl adjacent to an activating group) is 1. The van der Waals surface area contributed by atoms with Crippen molar-refractivity contribution in [1.29, 1.82) is 0 Å². The molecule has 0 atom stereocenters. The standard InChI is InChI=1S/C28H26F3N7O/c1-19-3-4-22(15-21(19)5-6-25-17-32-27-35-33-7-8-38(25)27)26(39)34-24-14-20(13-23(16-24)28(29,30)31)18-37-11-9-36(2)10-12-37/h3-4,7-8,13-17H,9-12,18H2,1-2H3,(H,34,39). The molecule has 2 aromatic heterocycles. The molecular formula is C28H26F3N7O. The van der Waals surface area contributed by atoms with Gasteiger partial charge in [0.2, 0.25) is 0 Å². The molecule has 5 rings (SSSR count). The molecule has 1 fully saturated rings. The van der Waals surface area contributed by atoms with E-state index in [1.807, 2.05) is 14.0 Å². The lowest BCUT2D eigenvalue weighted by molar-refractivity contribution is -0.137. The van der Waals surface area contributed by atoms with Gasteiger partial charge in [0, 0.05) is 55.7 Å². The van der Waals surface area contributed by atoms with E-state index in [1.54, 1.807) is 41.1 Å². The molecule has 0 saturated carbocycles. The minimum absolute atomic E-state index is 0.0963. The molecule has 1 aliphatic heterocycles. The number of imidazole rings is 1. The van der Waals surface area contributed by atoms with Crippen molar-refractivity contribution in [2.75, 3.05) is 38.5 Å². The minimum atomic E-state index is -4.53. The van der Waals surface area contributed by atoms with Crippen LogP contribution in [0.15, 0.2) is 55.0 Å². The number of hydrogen-bond acceptors (Lipinski definition) is 6. The van der Waals surface area contributed by atoms with Crippen LogP contribution in [-0.2, 0) is 12.7 Å². The minimum Gasteiger partial charge on any atom is -0.322 e. The molecule has 1 amide bonds. The zero-order valence-corrected chi connectivity index (χ0v) is 21.5. The summed E-state index contributed by atoms with van der Waals surface area (Å²) in [6, 6.07) is 8.73. The second kappa shape index (κ2) is 10.8. The van der Waals surface area contributed by atoms with E-state index in [0.717, 1.165) is 43.9 Å². The van der Waals surface area contributed by atoms with E-state index in [2.05, 4.69) is 42.1 Å². The van der Waals surface area contributed by atoms with Crippen LogP contribution in [0.3, 0.4) is 0 Å². The first kappa shape index (κ1) is 26.3. The predicted molar refractivity (Wildman–Crippen MR) is 140 cm³/mol. The number of piperazine rings is 1. The summed E-state index contributed by atoms with van der Waals surface area (Å²) in [4.78, 5) is 21.5. The summed E-state index contributed by atoms with van der Waals surface area (Å²) < 4.78 is 42.7. The van der Waals surface area contributed by atoms with Gasteiger partial charge in [-0.3, -0.25) is 14.1 Å². The second-order valence-electron chi connectivity index (χ2n) is 9.56. The number of fused-ring (bicyclic) bond motifs is 1. The molecule has 11 heteroatoms. The van der Waals surface area contributed by atoms with Crippen LogP contribution in [0.5, 0.6) is 0 Å². The molecule has 0 unspecified atom stereocenters. The van der Waals surface area contributed by atoms with Gasteiger partial charge in [0.15, 0.2) is 0 Å². The zero-order chi connectivity index (χ0) is 27.6. The Hall–Kier alpha value is -4.27. The van der Waals surface area contributed by atoms with Crippen LogP contribution in [0.2, 0.25) is 0 Å². The Balaban J connectivity index is 1.38. The maximum absolute atomic E-state index is 13.7. The van der Waals surface area contributed by atoms with Crippen LogP contribution in [0.1, 0.15) is 38.3 Å². The van der Waals surface area contributed by atoms with Gasteiger partial charge in [0.25, 0.3) is 11.7 Å². The maximum atomic E-state index is 13.7. The number of rotatable bonds is 4. The van der Waals surface area contributed by atoms with Crippen molar-refractivity contribution >= 4 is 17.4 Å². The van der Waals surface area contributed by atoms with E-state index in [-0.39, 0.29) is 11.3 Å². The number of hydrogen-bond donors (Lipinski definition) is 1. The number of aryl methyl sites for hydroxylation is 1. The molecule has 200 valence electrons. The fraction of sp³-hybridized carbons (Fsp3) is 0.286. The van der Waals surface area contributed by atoms with Gasteiger partial charge >= 0.3 is 6.18 Å². The molecule has 0 radical (unpaired) electrons. The van der Waals surface area contributed by atoms with Gasteiger partial charge in [-0.25, -0.2) is 4.98 Å². The lowest BCUT2D eigenvalue weighted by Gasteiger charge is -2.32. The number of carbonyl (C=O) groups is 1. The molecule has 1 N–H and O–H groups in total. The highest BCUT2D eigenvalue weighted by atomic mass is 19.4. The van der Waals surface area contributed by atoms with Gasteiger partial charge in [-0.2, -0.15) is 18.3 Å². The van der Waals surface area contributed by atoms with E-state index < -0.39 is 17.6 Å². The molecular weight excluding hydrogens is 507 g/mol. The molecule has 0 aliphatic carbocycles. The number of anilines is 1. The third-order valence-corrected chi connectivity index (χ3v) is 6.61. The van der Waals surface area contributed by atoms with E-state index in [9.17, 15) is 18.0 Å². The number of nitrogens with one attached hydrogen (secondary N) is 1. The Morgan fingerprint density at radius 2 is 1.87 bits per heavy atom. The van der Waals surface area contributed by atoms with Crippen LogP contribution in [-0.4, -0.2) is 68.5 Å². The average Bonchev–Trinajstić information content (AvgIpc) is 3.32. The summed E-state index contributed by atoms with van der Waals surface area (Å²) in [6.07, 6.45) is 0.271. The Bertz CT molecular complexity index is 1580. The van der Waals surface area contributed by atoms with E-state index in [1.165, 1.54) is 6.20 Å². The normalized spacial score (nSPS) is 14.7. The number of halogens is 3. The summed E-state index contributed by atoms with van der Waals surface area (Å²) in [6.45, 7) is 5.48. The molecule has 1 aliphatic rings. The molecule has 8 nitrogen and oxygen atoms in total. The zero-order valence-electron chi connectivity index (χ0n) is 21.5. The Kier molecular flexibility index (Phi) is 7.32. The van der Waals surface area contributed by atoms with E-state index in [0.29, 0.717) is 29.1 Å². The van der Waals surface area contributed by atoms with Crippen LogP contribution in [0.4, 0.5) is 18.9 Å². The van der Waals surface area contributed by atoms with Crippen molar-refractivity contribution in [3.63, 3.8) is 0 Å². The number of benzene rings is 2. The van der Waals surface area contributed by atoms with Crippen molar-refractivity contribution in [2.45, 2.75) is 19.6 Å². The number of alkyl halides is 3. The lowest BCUT2D eigenvalue weighted by atomic mass is 10.0. The largest absolute Gasteiger partial charge is 0.416 e. The van der Waals surface area contributed by atoms with E-state index >= 15 is 0 Å². The average molecular weight is 534 g/mol. The molecule has 2 aromatic carbocycles. The molecule has 0 bridgehead atoms. The SMILES string of the molecule is Cc1ccc(C(=O)Nc2cc(CN3CCN(C)CC3)cc(C(F)(F)F)c2)cc1C#Cc1cnc2nnccn12. The second-order valence-corrected chi connectivity index (χ2v) is 9.56. The highest BCUT2D eigenvalue weighted by Gasteiger charge is 2.31. The number of nitrogens with zero attached hydrogens (tertiary/aromatic N) is 6. The Morgan fingerprint density at radius 1 is 1.08 bits per heavy atom. The van der Waals surface area contributed by atoms with Crippen molar-refractivity contribution in [2.24, 2.45) is 0 Å². The van der Waals surface area contributed by atoms with Gasteiger partial charge in [-0.1, -0.05) is 12.0 Å². The van der Waals surface area contributed by atoms with Gasteiger partial charge in [-0.15, -0.1) is 5.10 Å². The third-order valence-electron chi connectivity index (χ3n) is 6.61. The summed E-state index contributed by atoms with van der Waals surface area (Å²) in [5.74, 6) is 5.98. The first-order chi connectivity index (χ1) is 18.7.